The van der Waals surface area contributed by atoms with Crippen molar-refractivity contribution in [3.63, 3.8) is 0 Å². The van der Waals surface area contributed by atoms with Crippen molar-refractivity contribution >= 4 is 5.91 Å². The summed E-state index contributed by atoms with van der Waals surface area (Å²) in [5, 5.41) is 0. The van der Waals surface area contributed by atoms with Gasteiger partial charge in [-0.15, -0.1) is 0 Å². The first kappa shape index (κ1) is 11.2. The Balaban J connectivity index is 2.47. The number of hydrogen-bond acceptors (Lipinski definition) is 3. The van der Waals surface area contributed by atoms with Crippen LogP contribution >= 0.6 is 0 Å². The summed E-state index contributed by atoms with van der Waals surface area (Å²) in [6.07, 6.45) is 4.27. The molecule has 1 rings (SSSR count). The maximum atomic E-state index is 10.6. The third-order valence-electron chi connectivity index (χ3n) is 2.62. The molecule has 4 nitrogen and oxygen atoms in total. The fourth-order valence-electron chi connectivity index (χ4n) is 1.49. The van der Waals surface area contributed by atoms with Crippen LogP contribution in [0.5, 0.6) is 0 Å². The van der Waals surface area contributed by atoms with Crippen molar-refractivity contribution in [2.45, 2.75) is 25.4 Å². The molecule has 1 fully saturated rings. The predicted molar refractivity (Wildman–Crippen MR) is 54.8 cm³/mol. The molecule has 0 aromatic carbocycles. The Morgan fingerprint density at radius 3 is 2.71 bits per heavy atom. The molecule has 0 saturated carbocycles. The van der Waals surface area contributed by atoms with Gasteiger partial charge in [0.1, 0.15) is 0 Å². The van der Waals surface area contributed by atoms with Gasteiger partial charge in [-0.2, -0.15) is 0 Å². The van der Waals surface area contributed by atoms with Crippen molar-refractivity contribution in [1.82, 2.24) is 4.90 Å². The van der Waals surface area contributed by atoms with Crippen LogP contribution < -0.4 is 5.73 Å². The second-order valence-corrected chi connectivity index (χ2v) is 3.59. The number of ether oxygens (including phenoxy) is 1. The van der Waals surface area contributed by atoms with Crippen molar-refractivity contribution in [2.24, 2.45) is 5.73 Å². The minimum atomic E-state index is -0.387. The van der Waals surface area contributed by atoms with Crippen LogP contribution in [-0.2, 0) is 9.53 Å². The second-order valence-electron chi connectivity index (χ2n) is 3.59. The van der Waals surface area contributed by atoms with Gasteiger partial charge in [0.25, 0.3) is 0 Å². The number of likely N-dealkylation sites (N-methyl/N-ethyl adjacent to an activating group) is 1. The third-order valence-corrected chi connectivity index (χ3v) is 2.62. The number of nitrogens with zero attached hydrogens (tertiary/aromatic N) is 1. The molecule has 0 aromatic rings. The number of primary amides is 1. The molecule has 0 bridgehead atoms. The molecule has 80 valence electrons. The molecule has 1 amide bonds. The first-order valence-corrected chi connectivity index (χ1v) is 4.92. The van der Waals surface area contributed by atoms with E-state index in [2.05, 4.69) is 11.8 Å². The molecular weight excluding hydrogens is 180 g/mol. The molecule has 1 saturated heterocycles. The van der Waals surface area contributed by atoms with E-state index in [9.17, 15) is 4.79 Å². The molecule has 0 spiro atoms. The Bertz CT molecular complexity index is 224. The number of rotatable bonds is 5. The highest BCUT2D eigenvalue weighted by Crippen LogP contribution is 2.14. The van der Waals surface area contributed by atoms with E-state index < -0.39 is 0 Å². The highest BCUT2D eigenvalue weighted by Gasteiger charge is 2.26. The van der Waals surface area contributed by atoms with Crippen molar-refractivity contribution in [3.05, 3.63) is 12.2 Å². The number of carbonyl (C=O) groups is 1. The molecule has 1 heterocycles. The van der Waals surface area contributed by atoms with Gasteiger partial charge in [-0.3, -0.25) is 9.69 Å². The third kappa shape index (κ3) is 2.82. The molecule has 0 aromatic heterocycles. The average Bonchev–Trinajstić information content (AvgIpc) is 2.01. The highest BCUT2D eigenvalue weighted by atomic mass is 16.5. The van der Waals surface area contributed by atoms with Crippen LogP contribution in [0.1, 0.15) is 13.3 Å². The SMILES string of the molecule is CCC(C=CC(N)=O)N(C)C1COC1. The number of carbonyl (C=O) groups excluding carboxylic acids is 1. The van der Waals surface area contributed by atoms with E-state index >= 15 is 0 Å². The van der Waals surface area contributed by atoms with Gasteiger partial charge in [-0.05, 0) is 13.5 Å². The summed E-state index contributed by atoms with van der Waals surface area (Å²) >= 11 is 0. The minimum Gasteiger partial charge on any atom is -0.378 e. The number of nitrogens with two attached hydrogens (primary N) is 1. The predicted octanol–water partition coefficient (Wildman–Crippen LogP) is 0.137. The van der Waals surface area contributed by atoms with Crippen LogP contribution in [0.2, 0.25) is 0 Å². The van der Waals surface area contributed by atoms with Gasteiger partial charge in [0, 0.05) is 12.1 Å². The molecule has 1 aliphatic heterocycles. The topological polar surface area (TPSA) is 55.6 Å². The maximum Gasteiger partial charge on any atom is 0.241 e. The fraction of sp³-hybridized carbons (Fsp3) is 0.700. The largest absolute Gasteiger partial charge is 0.378 e. The zero-order chi connectivity index (χ0) is 10.6. The average molecular weight is 198 g/mol. The first-order valence-electron chi connectivity index (χ1n) is 4.92. The van der Waals surface area contributed by atoms with Crippen LogP contribution in [0.4, 0.5) is 0 Å². The quantitative estimate of drug-likeness (QED) is 0.639. The Hall–Kier alpha value is -0.870. The van der Waals surface area contributed by atoms with E-state index in [0.29, 0.717) is 6.04 Å². The Morgan fingerprint density at radius 1 is 1.71 bits per heavy atom. The Morgan fingerprint density at radius 2 is 2.36 bits per heavy atom. The molecule has 1 aliphatic rings. The Labute approximate surface area is 84.7 Å². The van der Waals surface area contributed by atoms with E-state index in [-0.39, 0.29) is 11.9 Å². The summed E-state index contributed by atoms with van der Waals surface area (Å²) in [5.74, 6) is -0.387. The van der Waals surface area contributed by atoms with Gasteiger partial charge in [-0.1, -0.05) is 13.0 Å². The number of hydrogen-bond donors (Lipinski definition) is 1. The molecule has 2 N–H and O–H groups in total. The second kappa shape index (κ2) is 5.12. The fourth-order valence-corrected chi connectivity index (χ4v) is 1.49. The van der Waals surface area contributed by atoms with Crippen LogP contribution in [0.25, 0.3) is 0 Å². The van der Waals surface area contributed by atoms with E-state index in [4.69, 9.17) is 10.5 Å². The molecular formula is C10H18N2O2. The molecule has 0 aliphatic carbocycles. The minimum absolute atomic E-state index is 0.274. The van der Waals surface area contributed by atoms with Crippen molar-refractivity contribution in [1.29, 1.82) is 0 Å². The maximum absolute atomic E-state index is 10.6. The highest BCUT2D eigenvalue weighted by molar-refractivity contribution is 5.85. The van der Waals surface area contributed by atoms with Crippen LogP contribution in [0.15, 0.2) is 12.2 Å². The lowest BCUT2D eigenvalue weighted by molar-refractivity contribution is -0.113. The lowest BCUT2D eigenvalue weighted by Crippen LogP contribution is -2.50. The molecule has 0 radical (unpaired) electrons. The van der Waals surface area contributed by atoms with Crippen LogP contribution in [-0.4, -0.2) is 43.2 Å². The summed E-state index contributed by atoms with van der Waals surface area (Å²) in [5.41, 5.74) is 5.05. The standard InChI is InChI=1S/C10H18N2O2/c1-3-8(4-5-10(11)13)12(2)9-6-14-7-9/h4-5,8-9H,3,6-7H2,1-2H3,(H2,11,13). The van der Waals surface area contributed by atoms with E-state index in [1.165, 1.54) is 6.08 Å². The van der Waals surface area contributed by atoms with E-state index in [0.717, 1.165) is 19.6 Å². The van der Waals surface area contributed by atoms with E-state index in [1.54, 1.807) is 0 Å². The lowest BCUT2D eigenvalue weighted by atomic mass is 10.1. The zero-order valence-electron chi connectivity index (χ0n) is 8.77. The van der Waals surface area contributed by atoms with Crippen LogP contribution in [0.3, 0.4) is 0 Å². The number of amides is 1. The van der Waals surface area contributed by atoms with Crippen molar-refractivity contribution < 1.29 is 9.53 Å². The summed E-state index contributed by atoms with van der Waals surface area (Å²) in [6, 6.07) is 0.758. The lowest BCUT2D eigenvalue weighted by Gasteiger charge is -2.38. The molecule has 14 heavy (non-hydrogen) atoms. The van der Waals surface area contributed by atoms with Crippen LogP contribution in [0, 0.1) is 0 Å². The summed E-state index contributed by atoms with van der Waals surface area (Å²) in [6.45, 7) is 3.67. The normalized spacial score (nSPS) is 19.9. The van der Waals surface area contributed by atoms with Gasteiger partial charge in [-0.25, -0.2) is 0 Å². The smallest absolute Gasteiger partial charge is 0.241 e. The van der Waals surface area contributed by atoms with Gasteiger partial charge in [0.2, 0.25) is 5.91 Å². The van der Waals surface area contributed by atoms with Gasteiger partial charge < -0.3 is 10.5 Å². The summed E-state index contributed by atoms with van der Waals surface area (Å²) in [7, 11) is 2.05. The Kier molecular flexibility index (Phi) is 4.10. The van der Waals surface area contributed by atoms with Crippen molar-refractivity contribution in [3.8, 4) is 0 Å². The van der Waals surface area contributed by atoms with E-state index in [1.807, 2.05) is 13.1 Å². The van der Waals surface area contributed by atoms with Gasteiger partial charge in [0.15, 0.2) is 0 Å². The zero-order valence-corrected chi connectivity index (χ0v) is 8.77. The van der Waals surface area contributed by atoms with Gasteiger partial charge >= 0.3 is 0 Å². The first-order chi connectivity index (χ1) is 6.65. The molecule has 1 atom stereocenters. The molecule has 1 unspecified atom stereocenters. The monoisotopic (exact) mass is 198 g/mol. The molecule has 4 heteroatoms. The summed E-state index contributed by atoms with van der Waals surface area (Å²) in [4.78, 5) is 12.8. The van der Waals surface area contributed by atoms with Gasteiger partial charge in [0.05, 0.1) is 19.3 Å². The summed E-state index contributed by atoms with van der Waals surface area (Å²) < 4.78 is 5.12. The van der Waals surface area contributed by atoms with Crippen molar-refractivity contribution in [2.75, 3.05) is 20.3 Å².